The first kappa shape index (κ1) is 76.0. The SMILES string of the molecule is CCCC[C@@]1(CC)CS(=O)(=O)c2ccc(N(C)C)cc2[C@@H](c2cccc([N+](=O)[O-])c2)[C@H]1O.CCCC[C@@]1(CC)CS(=O)(=O)c2ccc(N(C)C)cc2[C@H](c2cccc([N+](=O)[O-])c2)[C@@H]1O.CCCC[C@]1(CC)CS(=O)(=O)c2ccc(N(C)C)cc2[C@H](c2cccc([N+](=O)[O-])c2)[C@@H]1O. The van der Waals surface area contributed by atoms with Crippen molar-refractivity contribution in [2.24, 2.45) is 16.2 Å². The first-order valence-electron chi connectivity index (χ1n) is 33.1. The number of hydrogen-bond acceptors (Lipinski definition) is 18. The Kier molecular flexibility index (Phi) is 24.6. The Balaban J connectivity index is 0.000000203. The average Bonchev–Trinajstić information content (AvgIpc) is 1.60. The van der Waals surface area contributed by atoms with Crippen molar-refractivity contribution in [3.05, 3.63) is 191 Å². The molecule has 21 nitrogen and oxygen atoms in total. The molecule has 0 fully saturated rings. The van der Waals surface area contributed by atoms with Crippen LogP contribution < -0.4 is 14.7 Å². The van der Waals surface area contributed by atoms with E-state index in [1.807, 2.05) is 98.5 Å². The van der Waals surface area contributed by atoms with Crippen molar-refractivity contribution in [3.63, 3.8) is 0 Å². The molecule has 3 heterocycles. The largest absolute Gasteiger partial charge is 0.392 e. The number of benzene rings is 6. The number of non-ortho nitro benzene ring substituents is 3. The number of hydrogen-bond donors (Lipinski definition) is 3. The molecule has 6 aromatic carbocycles. The van der Waals surface area contributed by atoms with Crippen molar-refractivity contribution < 1.29 is 55.3 Å². The highest BCUT2D eigenvalue weighted by atomic mass is 32.2. The molecule has 0 aromatic heterocycles. The molecular weight excluding hydrogens is 1290 g/mol. The minimum atomic E-state index is -3.68. The number of sulfone groups is 3. The molecule has 0 unspecified atom stereocenters. The summed E-state index contributed by atoms with van der Waals surface area (Å²) >= 11 is 0. The van der Waals surface area contributed by atoms with Crippen LogP contribution in [0.1, 0.15) is 170 Å². The number of nitrogens with zero attached hydrogens (tertiary/aromatic N) is 6. The molecule has 0 spiro atoms. The first-order chi connectivity index (χ1) is 45.2. The molecule has 3 aliphatic rings. The summed E-state index contributed by atoms with van der Waals surface area (Å²) in [6, 6.07) is 34.1. The third-order valence-corrected chi connectivity index (χ3v) is 26.3. The Morgan fingerprint density at radius 3 is 0.833 bits per heavy atom. The highest BCUT2D eigenvalue weighted by molar-refractivity contribution is 7.92. The van der Waals surface area contributed by atoms with Gasteiger partial charge in [0.2, 0.25) is 0 Å². The minimum absolute atomic E-state index is 0.0808. The Morgan fingerprint density at radius 2 is 0.635 bits per heavy atom. The van der Waals surface area contributed by atoms with Crippen LogP contribution >= 0.6 is 0 Å². The second-order valence-corrected chi connectivity index (χ2v) is 32.8. The fourth-order valence-electron chi connectivity index (χ4n) is 14.5. The van der Waals surface area contributed by atoms with Crippen molar-refractivity contribution in [3.8, 4) is 0 Å². The number of aliphatic hydroxyl groups is 3. The first-order valence-corrected chi connectivity index (χ1v) is 38.0. The molecule has 0 aliphatic carbocycles. The summed E-state index contributed by atoms with van der Waals surface area (Å²) in [7, 11) is 0.135. The second-order valence-electron chi connectivity index (χ2n) is 26.9. The smallest absolute Gasteiger partial charge is 0.269 e. The summed E-state index contributed by atoms with van der Waals surface area (Å²) in [6.45, 7) is 11.9. The van der Waals surface area contributed by atoms with E-state index in [4.69, 9.17) is 0 Å². The summed E-state index contributed by atoms with van der Waals surface area (Å²) < 4.78 is 81.5. The Labute approximate surface area is 566 Å². The van der Waals surface area contributed by atoms with Gasteiger partial charge in [0, 0.05) is 130 Å². The lowest BCUT2D eigenvalue weighted by molar-refractivity contribution is -0.385. The molecule has 0 amide bonds. The summed E-state index contributed by atoms with van der Waals surface area (Å²) in [5.74, 6) is -2.51. The maximum absolute atomic E-state index is 13.6. The normalized spacial score (nSPS) is 24.4. The van der Waals surface area contributed by atoms with Gasteiger partial charge in [-0.3, -0.25) is 30.3 Å². The van der Waals surface area contributed by atoms with Gasteiger partial charge in [-0.25, -0.2) is 25.3 Å². The Morgan fingerprint density at radius 1 is 0.396 bits per heavy atom. The van der Waals surface area contributed by atoms with E-state index < -0.39 is 96.6 Å². The lowest BCUT2D eigenvalue weighted by Crippen LogP contribution is -2.42. The van der Waals surface area contributed by atoms with E-state index in [9.17, 15) is 70.9 Å². The van der Waals surface area contributed by atoms with Crippen LogP contribution in [-0.4, -0.2) is 133 Å². The summed E-state index contributed by atoms with van der Waals surface area (Å²) in [6.07, 6.45) is 5.20. The molecule has 522 valence electrons. The number of fused-ring (bicyclic) bond motifs is 3. The van der Waals surface area contributed by atoms with Crippen molar-refractivity contribution in [2.45, 2.75) is 169 Å². The third-order valence-electron chi connectivity index (χ3n) is 20.3. The van der Waals surface area contributed by atoms with Gasteiger partial charge in [0.15, 0.2) is 29.5 Å². The highest BCUT2D eigenvalue weighted by Gasteiger charge is 2.52. The predicted octanol–water partition coefficient (Wildman–Crippen LogP) is 13.6. The van der Waals surface area contributed by atoms with Gasteiger partial charge in [0.1, 0.15) is 0 Å². The van der Waals surface area contributed by atoms with Crippen LogP contribution in [0.4, 0.5) is 34.1 Å². The zero-order valence-corrected chi connectivity index (χ0v) is 59.8. The Hall–Kier alpha value is -7.35. The van der Waals surface area contributed by atoms with Crippen LogP contribution in [0.15, 0.2) is 142 Å². The van der Waals surface area contributed by atoms with E-state index in [2.05, 4.69) is 0 Å². The molecule has 24 heteroatoms. The van der Waals surface area contributed by atoms with Crippen LogP contribution in [0.3, 0.4) is 0 Å². The lowest BCUT2D eigenvalue weighted by Gasteiger charge is -2.39. The molecule has 0 saturated heterocycles. The third kappa shape index (κ3) is 15.9. The van der Waals surface area contributed by atoms with Crippen molar-refractivity contribution in [2.75, 3.05) is 74.2 Å². The topological polar surface area (TPSA) is 302 Å². The molecule has 9 atom stereocenters. The fraction of sp³-hybridized carbons (Fsp3) is 0.500. The lowest BCUT2D eigenvalue weighted by atomic mass is 9.69. The monoisotopic (exact) mass is 1380 g/mol. The molecule has 0 bridgehead atoms. The van der Waals surface area contributed by atoms with Crippen LogP contribution in [0.25, 0.3) is 0 Å². The number of nitro benzene ring substituents is 3. The molecule has 3 aliphatic heterocycles. The summed E-state index contributed by atoms with van der Waals surface area (Å²) in [5, 5.41) is 69.8. The number of nitro groups is 3. The number of rotatable bonds is 21. The Bertz CT molecular complexity index is 3710. The summed E-state index contributed by atoms with van der Waals surface area (Å²) in [5.41, 5.74) is 2.78. The number of aliphatic hydroxyl groups excluding tert-OH is 3. The van der Waals surface area contributed by atoms with Gasteiger partial charge in [0.25, 0.3) is 17.1 Å². The van der Waals surface area contributed by atoms with Crippen LogP contribution in [-0.2, 0) is 29.5 Å². The van der Waals surface area contributed by atoms with Gasteiger partial charge < -0.3 is 30.0 Å². The van der Waals surface area contributed by atoms with Gasteiger partial charge in [-0.2, -0.15) is 0 Å². The van der Waals surface area contributed by atoms with E-state index in [0.717, 1.165) is 55.6 Å². The molecule has 0 saturated carbocycles. The number of unbranched alkanes of at least 4 members (excludes halogenated alkanes) is 3. The molecular formula is C72H96N6O15S3. The van der Waals surface area contributed by atoms with Crippen molar-refractivity contribution in [1.29, 1.82) is 0 Å². The molecule has 9 rings (SSSR count). The van der Waals surface area contributed by atoms with Crippen molar-refractivity contribution >= 4 is 63.6 Å². The molecule has 0 radical (unpaired) electrons. The van der Waals surface area contributed by atoms with Gasteiger partial charge in [-0.05, 0) is 127 Å². The predicted molar refractivity (Wildman–Crippen MR) is 378 cm³/mol. The van der Waals surface area contributed by atoms with E-state index in [1.54, 1.807) is 91.0 Å². The maximum Gasteiger partial charge on any atom is 0.269 e. The summed E-state index contributed by atoms with van der Waals surface area (Å²) in [4.78, 5) is 39.1. The van der Waals surface area contributed by atoms with Crippen LogP contribution in [0, 0.1) is 46.6 Å². The maximum atomic E-state index is 13.6. The second kappa shape index (κ2) is 31.0. The van der Waals surface area contributed by atoms with Gasteiger partial charge in [0.05, 0.1) is 65.0 Å². The average molecular weight is 1380 g/mol. The fourth-order valence-corrected chi connectivity index (χ4v) is 21.3. The molecule has 3 N–H and O–H groups in total. The highest BCUT2D eigenvalue weighted by Crippen LogP contribution is 2.53. The van der Waals surface area contributed by atoms with Crippen LogP contribution in [0.2, 0.25) is 0 Å². The zero-order valence-electron chi connectivity index (χ0n) is 57.3. The van der Waals surface area contributed by atoms with Crippen molar-refractivity contribution in [1.82, 2.24) is 0 Å². The van der Waals surface area contributed by atoms with E-state index in [-0.39, 0.29) is 49.0 Å². The van der Waals surface area contributed by atoms with Gasteiger partial charge in [-0.1, -0.05) is 116 Å². The van der Waals surface area contributed by atoms with Crippen LogP contribution in [0.5, 0.6) is 0 Å². The standard InChI is InChI=1S/3C24H32N2O5S/c3*1-5-7-13-24(6-2)16-32(30,31)21-12-11-18(25(3)4)15-20(21)22(23(24)27)17-9-8-10-19(14-17)26(28)29/h3*8-12,14-15,22-23,27H,5-7,13,16H2,1-4H3/t2*22-,23-,24+;22-,23-,24-/m100/s1. The zero-order chi connectivity index (χ0) is 71.0. The number of anilines is 3. The van der Waals surface area contributed by atoms with E-state index in [1.165, 1.54) is 36.4 Å². The minimum Gasteiger partial charge on any atom is -0.392 e. The quantitative estimate of drug-likeness (QED) is 0.0445. The van der Waals surface area contributed by atoms with E-state index >= 15 is 0 Å². The van der Waals surface area contributed by atoms with Gasteiger partial charge >= 0.3 is 0 Å². The molecule has 96 heavy (non-hydrogen) atoms. The van der Waals surface area contributed by atoms with Gasteiger partial charge in [-0.15, -0.1) is 0 Å². The van der Waals surface area contributed by atoms with E-state index in [0.29, 0.717) is 71.9 Å². The molecule has 6 aromatic rings.